The third-order valence-electron chi connectivity index (χ3n) is 4.47. The number of nitrogens with one attached hydrogen (secondary N) is 1. The molecule has 1 aliphatic rings. The zero-order valence-electron chi connectivity index (χ0n) is 15.3. The van der Waals surface area contributed by atoms with E-state index in [9.17, 15) is 0 Å². The monoisotopic (exact) mass is 469 g/mol. The molecule has 0 bridgehead atoms. The van der Waals surface area contributed by atoms with E-state index in [0.717, 1.165) is 45.2 Å². The van der Waals surface area contributed by atoms with Gasteiger partial charge in [-0.2, -0.15) is 0 Å². The Labute approximate surface area is 172 Å². The molecule has 6 nitrogen and oxygen atoms in total. The van der Waals surface area contributed by atoms with E-state index in [2.05, 4.69) is 49.0 Å². The number of guanidine groups is 1. The molecule has 1 fully saturated rings. The third kappa shape index (κ3) is 6.28. The topological polar surface area (TPSA) is 54.7 Å². The minimum Gasteiger partial charge on any atom is -0.376 e. The van der Waals surface area contributed by atoms with Crippen LogP contribution < -0.4 is 5.32 Å². The summed E-state index contributed by atoms with van der Waals surface area (Å²) in [5.41, 5.74) is 1.23. The average molecular weight is 469 g/mol. The van der Waals surface area contributed by atoms with Crippen LogP contribution in [0.3, 0.4) is 0 Å². The number of hydrogen-bond acceptors (Lipinski definition) is 3. The fourth-order valence-electron chi connectivity index (χ4n) is 3.13. The van der Waals surface area contributed by atoms with Gasteiger partial charge in [-0.25, -0.2) is 4.98 Å². The van der Waals surface area contributed by atoms with Crippen LogP contribution in [0.25, 0.3) is 0 Å². The number of rotatable bonds is 7. The van der Waals surface area contributed by atoms with E-state index in [1.807, 2.05) is 25.6 Å². The lowest BCUT2D eigenvalue weighted by Gasteiger charge is -2.21. The maximum absolute atomic E-state index is 5.90. The molecule has 142 valence electrons. The van der Waals surface area contributed by atoms with Crippen molar-refractivity contribution in [1.29, 1.82) is 0 Å². The summed E-state index contributed by atoms with van der Waals surface area (Å²) in [6.45, 7) is 5.25. The Morgan fingerprint density at radius 1 is 1.35 bits per heavy atom. The standard InChI is InChI=1S/C19H27N5O.HI/c1-20-19(22-9-12-23-11-8-21-16-23)24-10-7-18(13-24)15-25-14-17-5-3-2-4-6-17;/h2-6,8,11,16,18H,7,9-10,12-15H2,1H3,(H,20,22);1H. The maximum Gasteiger partial charge on any atom is 0.193 e. The second-order valence-electron chi connectivity index (χ2n) is 6.38. The molecule has 7 heteroatoms. The minimum atomic E-state index is 0. The van der Waals surface area contributed by atoms with E-state index >= 15 is 0 Å². The highest BCUT2D eigenvalue weighted by Crippen LogP contribution is 2.17. The molecule has 1 aromatic heterocycles. The van der Waals surface area contributed by atoms with Gasteiger partial charge in [0.15, 0.2) is 5.96 Å². The fourth-order valence-corrected chi connectivity index (χ4v) is 3.13. The number of aromatic nitrogens is 2. The van der Waals surface area contributed by atoms with Gasteiger partial charge >= 0.3 is 0 Å². The zero-order chi connectivity index (χ0) is 17.3. The van der Waals surface area contributed by atoms with Crippen LogP contribution in [0.5, 0.6) is 0 Å². The van der Waals surface area contributed by atoms with Crippen LogP contribution in [-0.4, -0.2) is 53.7 Å². The molecule has 2 heterocycles. The molecule has 1 N–H and O–H groups in total. The lowest BCUT2D eigenvalue weighted by atomic mass is 10.1. The molecule has 0 aliphatic carbocycles. The summed E-state index contributed by atoms with van der Waals surface area (Å²) in [6.07, 6.45) is 6.76. The first-order valence-corrected chi connectivity index (χ1v) is 8.88. The summed E-state index contributed by atoms with van der Waals surface area (Å²) < 4.78 is 7.96. The van der Waals surface area contributed by atoms with Crippen molar-refractivity contribution in [1.82, 2.24) is 19.8 Å². The van der Waals surface area contributed by atoms with Crippen LogP contribution in [0, 0.1) is 5.92 Å². The SMILES string of the molecule is CN=C(NCCn1ccnc1)N1CCC(COCc2ccccc2)C1.I. The molecule has 0 spiro atoms. The van der Waals surface area contributed by atoms with Crippen molar-refractivity contribution in [2.75, 3.05) is 33.3 Å². The normalized spacial score (nSPS) is 17.2. The summed E-state index contributed by atoms with van der Waals surface area (Å²) in [5.74, 6) is 1.54. The highest BCUT2D eigenvalue weighted by Gasteiger charge is 2.24. The predicted octanol–water partition coefficient (Wildman–Crippen LogP) is 2.62. The van der Waals surface area contributed by atoms with Crippen molar-refractivity contribution >= 4 is 29.9 Å². The molecule has 0 saturated carbocycles. The molecule has 1 aromatic carbocycles. The summed E-state index contributed by atoms with van der Waals surface area (Å²) in [4.78, 5) is 10.8. The first-order chi connectivity index (χ1) is 12.3. The average Bonchev–Trinajstić information content (AvgIpc) is 3.32. The van der Waals surface area contributed by atoms with Crippen LogP contribution in [0.15, 0.2) is 54.0 Å². The summed E-state index contributed by atoms with van der Waals surface area (Å²) in [7, 11) is 1.85. The Bertz CT molecular complexity index is 647. The number of benzene rings is 1. The largest absolute Gasteiger partial charge is 0.376 e. The van der Waals surface area contributed by atoms with Crippen LogP contribution in [-0.2, 0) is 17.9 Å². The first-order valence-electron chi connectivity index (χ1n) is 8.88. The van der Waals surface area contributed by atoms with Crippen molar-refractivity contribution < 1.29 is 4.74 Å². The van der Waals surface area contributed by atoms with Crippen LogP contribution in [0.1, 0.15) is 12.0 Å². The lowest BCUT2D eigenvalue weighted by Crippen LogP contribution is -2.41. The Kier molecular flexibility index (Phi) is 8.90. The van der Waals surface area contributed by atoms with E-state index < -0.39 is 0 Å². The highest BCUT2D eigenvalue weighted by molar-refractivity contribution is 14.0. The smallest absolute Gasteiger partial charge is 0.193 e. The Hall–Kier alpha value is -1.61. The van der Waals surface area contributed by atoms with Crippen molar-refractivity contribution in [2.24, 2.45) is 10.9 Å². The van der Waals surface area contributed by atoms with Gasteiger partial charge in [0.2, 0.25) is 0 Å². The number of ether oxygens (including phenoxy) is 1. The van der Waals surface area contributed by atoms with Gasteiger partial charge in [-0.15, -0.1) is 24.0 Å². The van der Waals surface area contributed by atoms with E-state index in [4.69, 9.17) is 4.74 Å². The second-order valence-corrected chi connectivity index (χ2v) is 6.38. The van der Waals surface area contributed by atoms with Gasteiger partial charge in [0.1, 0.15) is 0 Å². The molecule has 1 unspecified atom stereocenters. The molecule has 0 amide bonds. The van der Waals surface area contributed by atoms with Crippen molar-refractivity contribution in [3.63, 3.8) is 0 Å². The van der Waals surface area contributed by atoms with Gasteiger partial charge in [-0.05, 0) is 12.0 Å². The van der Waals surface area contributed by atoms with E-state index in [1.165, 1.54) is 5.56 Å². The summed E-state index contributed by atoms with van der Waals surface area (Å²) >= 11 is 0. The Balaban J connectivity index is 0.00000243. The van der Waals surface area contributed by atoms with Crippen LogP contribution in [0.4, 0.5) is 0 Å². The van der Waals surface area contributed by atoms with Gasteiger partial charge in [-0.1, -0.05) is 30.3 Å². The van der Waals surface area contributed by atoms with E-state index in [0.29, 0.717) is 12.5 Å². The number of aliphatic imine (C=N–C) groups is 1. The molecular formula is C19H28IN5O. The number of nitrogens with zero attached hydrogens (tertiary/aromatic N) is 4. The first kappa shape index (κ1) is 20.7. The van der Waals surface area contributed by atoms with Crippen molar-refractivity contribution in [3.05, 3.63) is 54.6 Å². The van der Waals surface area contributed by atoms with Gasteiger partial charge in [-0.3, -0.25) is 4.99 Å². The van der Waals surface area contributed by atoms with Crippen LogP contribution in [0.2, 0.25) is 0 Å². The van der Waals surface area contributed by atoms with Crippen molar-refractivity contribution in [2.45, 2.75) is 19.6 Å². The Morgan fingerprint density at radius 2 is 2.19 bits per heavy atom. The molecule has 1 saturated heterocycles. The fraction of sp³-hybridized carbons (Fsp3) is 0.474. The Morgan fingerprint density at radius 3 is 2.92 bits per heavy atom. The molecule has 26 heavy (non-hydrogen) atoms. The molecule has 1 aliphatic heterocycles. The van der Waals surface area contributed by atoms with Gasteiger partial charge in [0.05, 0.1) is 19.5 Å². The van der Waals surface area contributed by atoms with E-state index in [1.54, 1.807) is 6.20 Å². The van der Waals surface area contributed by atoms with Crippen molar-refractivity contribution in [3.8, 4) is 0 Å². The predicted molar refractivity (Wildman–Crippen MR) is 115 cm³/mol. The van der Waals surface area contributed by atoms with Gasteiger partial charge < -0.3 is 19.5 Å². The number of hydrogen-bond donors (Lipinski definition) is 1. The van der Waals surface area contributed by atoms with Gasteiger partial charge in [0.25, 0.3) is 0 Å². The van der Waals surface area contributed by atoms with Crippen LogP contribution >= 0.6 is 24.0 Å². The minimum absolute atomic E-state index is 0. The molecular weight excluding hydrogens is 441 g/mol. The van der Waals surface area contributed by atoms with E-state index in [-0.39, 0.29) is 24.0 Å². The summed E-state index contributed by atoms with van der Waals surface area (Å²) in [5, 5.41) is 3.44. The zero-order valence-corrected chi connectivity index (χ0v) is 17.6. The second kappa shape index (κ2) is 11.2. The summed E-state index contributed by atoms with van der Waals surface area (Å²) in [6, 6.07) is 10.3. The number of likely N-dealkylation sites (tertiary alicyclic amines) is 1. The highest BCUT2D eigenvalue weighted by atomic mass is 127. The van der Waals surface area contributed by atoms with Gasteiger partial charge in [0, 0.05) is 51.5 Å². The maximum atomic E-state index is 5.90. The molecule has 0 radical (unpaired) electrons. The lowest BCUT2D eigenvalue weighted by molar-refractivity contribution is 0.0907. The molecule has 3 rings (SSSR count). The molecule has 1 atom stereocenters. The number of imidazole rings is 1. The molecule has 2 aromatic rings. The number of halogens is 1. The quantitative estimate of drug-likeness (QED) is 0.385. The third-order valence-corrected chi connectivity index (χ3v) is 4.47.